The second-order valence-electron chi connectivity index (χ2n) is 7.99. The molecule has 0 radical (unpaired) electrons. The standard InChI is InChI=1S/C24H29FN4O3S/c1-28(24(30)18-29(2)33(31,32)22-10-6-3-7-11-22)16-8-4-5-9-21-17-23(27-26-21)19-12-14-20(25)15-13-19/h3,6-7,10-15,17H,4-5,8-9,16,18H2,1-2H3,(H,26,27). The number of aromatic nitrogens is 2. The molecule has 1 heterocycles. The van der Waals surface area contributed by atoms with E-state index in [1.54, 1.807) is 42.3 Å². The van der Waals surface area contributed by atoms with Crippen molar-refractivity contribution in [3.8, 4) is 11.3 Å². The maximum Gasteiger partial charge on any atom is 0.243 e. The van der Waals surface area contributed by atoms with Crippen LogP contribution < -0.4 is 0 Å². The molecule has 0 saturated carbocycles. The van der Waals surface area contributed by atoms with Crippen molar-refractivity contribution in [2.45, 2.75) is 30.6 Å². The van der Waals surface area contributed by atoms with Crippen LogP contribution in [-0.4, -0.2) is 60.9 Å². The summed E-state index contributed by atoms with van der Waals surface area (Å²) in [6.45, 7) is 0.357. The molecular weight excluding hydrogens is 443 g/mol. The number of sulfonamides is 1. The number of benzene rings is 2. The Hall–Kier alpha value is -3.04. The molecule has 3 aromatic rings. The highest BCUT2D eigenvalue weighted by atomic mass is 32.2. The predicted molar refractivity (Wildman–Crippen MR) is 125 cm³/mol. The second kappa shape index (κ2) is 11.2. The molecule has 0 spiro atoms. The first-order chi connectivity index (χ1) is 15.8. The van der Waals surface area contributed by atoms with Gasteiger partial charge in [0.15, 0.2) is 0 Å². The van der Waals surface area contributed by atoms with Gasteiger partial charge in [0.25, 0.3) is 0 Å². The van der Waals surface area contributed by atoms with Crippen LogP contribution >= 0.6 is 0 Å². The number of unbranched alkanes of at least 4 members (excludes halogenated alkanes) is 2. The first-order valence-electron chi connectivity index (χ1n) is 10.8. The minimum Gasteiger partial charge on any atom is -0.345 e. The number of hydrogen-bond acceptors (Lipinski definition) is 4. The molecule has 1 aromatic heterocycles. The lowest BCUT2D eigenvalue weighted by Gasteiger charge is -2.22. The van der Waals surface area contributed by atoms with E-state index in [1.165, 1.54) is 31.3 Å². The average molecular weight is 473 g/mol. The van der Waals surface area contributed by atoms with Crippen LogP contribution in [0, 0.1) is 5.82 Å². The van der Waals surface area contributed by atoms with Crippen molar-refractivity contribution in [2.75, 3.05) is 27.2 Å². The van der Waals surface area contributed by atoms with Crippen LogP contribution in [0.3, 0.4) is 0 Å². The summed E-state index contributed by atoms with van der Waals surface area (Å²) in [5.74, 6) is -0.517. The fourth-order valence-electron chi connectivity index (χ4n) is 3.39. The van der Waals surface area contributed by atoms with Gasteiger partial charge in [0.1, 0.15) is 5.82 Å². The molecule has 0 aliphatic rings. The number of carbonyl (C=O) groups excluding carboxylic acids is 1. The minimum atomic E-state index is -3.69. The van der Waals surface area contributed by atoms with Crippen LogP contribution in [0.5, 0.6) is 0 Å². The third kappa shape index (κ3) is 6.72. The molecule has 0 saturated heterocycles. The molecule has 1 amide bonds. The highest BCUT2D eigenvalue weighted by Crippen LogP contribution is 2.19. The van der Waals surface area contributed by atoms with E-state index >= 15 is 0 Å². The largest absolute Gasteiger partial charge is 0.345 e. The summed E-state index contributed by atoms with van der Waals surface area (Å²) in [4.78, 5) is 14.2. The first-order valence-corrected chi connectivity index (χ1v) is 12.3. The Bertz CT molecular complexity index is 1150. The van der Waals surface area contributed by atoms with Gasteiger partial charge >= 0.3 is 0 Å². The number of carbonyl (C=O) groups is 1. The first kappa shape index (κ1) is 24.6. The highest BCUT2D eigenvalue weighted by molar-refractivity contribution is 7.89. The Kier molecular flexibility index (Phi) is 8.35. The predicted octanol–water partition coefficient (Wildman–Crippen LogP) is 3.71. The number of aryl methyl sites for hydroxylation is 1. The molecular formula is C24H29FN4O3S. The lowest BCUT2D eigenvalue weighted by molar-refractivity contribution is -0.129. The van der Waals surface area contributed by atoms with Crippen LogP contribution in [-0.2, 0) is 21.2 Å². The number of rotatable bonds is 11. The van der Waals surface area contributed by atoms with E-state index < -0.39 is 10.0 Å². The molecule has 0 atom stereocenters. The van der Waals surface area contributed by atoms with Crippen LogP contribution in [0.4, 0.5) is 4.39 Å². The number of halogens is 1. The van der Waals surface area contributed by atoms with Crippen molar-refractivity contribution < 1.29 is 17.6 Å². The molecule has 2 aromatic carbocycles. The number of hydrogen-bond donors (Lipinski definition) is 1. The van der Waals surface area contributed by atoms with Gasteiger partial charge in [-0.3, -0.25) is 9.89 Å². The van der Waals surface area contributed by atoms with Crippen molar-refractivity contribution in [1.82, 2.24) is 19.4 Å². The van der Waals surface area contributed by atoms with Crippen LogP contribution in [0.25, 0.3) is 11.3 Å². The van der Waals surface area contributed by atoms with Crippen LogP contribution in [0.15, 0.2) is 65.6 Å². The Morgan fingerprint density at radius 2 is 1.70 bits per heavy atom. The number of aromatic amines is 1. The van der Waals surface area contributed by atoms with E-state index in [0.717, 1.165) is 46.9 Å². The van der Waals surface area contributed by atoms with E-state index in [1.807, 2.05) is 6.07 Å². The van der Waals surface area contributed by atoms with E-state index in [0.29, 0.717) is 6.54 Å². The molecule has 0 aliphatic heterocycles. The zero-order valence-corrected chi connectivity index (χ0v) is 19.7. The van der Waals surface area contributed by atoms with E-state index in [9.17, 15) is 17.6 Å². The molecule has 1 N–H and O–H groups in total. The normalized spacial score (nSPS) is 11.6. The zero-order valence-electron chi connectivity index (χ0n) is 18.9. The molecule has 9 heteroatoms. The Labute approximate surface area is 194 Å². The maximum atomic E-state index is 13.1. The summed E-state index contributed by atoms with van der Waals surface area (Å²) >= 11 is 0. The Morgan fingerprint density at radius 3 is 2.39 bits per heavy atom. The molecule has 176 valence electrons. The summed E-state index contributed by atoms with van der Waals surface area (Å²) < 4.78 is 39.3. The Balaban J connectivity index is 1.38. The number of nitrogens with zero attached hydrogens (tertiary/aromatic N) is 3. The highest BCUT2D eigenvalue weighted by Gasteiger charge is 2.23. The van der Waals surface area contributed by atoms with Gasteiger partial charge < -0.3 is 4.90 Å². The van der Waals surface area contributed by atoms with E-state index in [4.69, 9.17) is 0 Å². The lowest BCUT2D eigenvalue weighted by Crippen LogP contribution is -2.39. The summed E-state index contributed by atoms with van der Waals surface area (Å²) in [6.07, 6.45) is 3.48. The van der Waals surface area contributed by atoms with Crippen molar-refractivity contribution in [3.05, 3.63) is 72.2 Å². The fraction of sp³-hybridized carbons (Fsp3) is 0.333. The van der Waals surface area contributed by atoms with Crippen molar-refractivity contribution >= 4 is 15.9 Å². The van der Waals surface area contributed by atoms with Crippen molar-refractivity contribution in [2.24, 2.45) is 0 Å². The van der Waals surface area contributed by atoms with Crippen LogP contribution in [0.2, 0.25) is 0 Å². The molecule has 7 nitrogen and oxygen atoms in total. The summed E-state index contributed by atoms with van der Waals surface area (Å²) in [5.41, 5.74) is 2.65. The quantitative estimate of drug-likeness (QED) is 0.431. The SMILES string of the molecule is CN(CCCCCc1cc(-c2ccc(F)cc2)n[nH]1)C(=O)CN(C)S(=O)(=O)c1ccccc1. The number of amides is 1. The second-order valence-corrected chi connectivity index (χ2v) is 10.0. The smallest absolute Gasteiger partial charge is 0.243 e. The zero-order chi connectivity index (χ0) is 23.8. The molecule has 0 fully saturated rings. The van der Waals surface area contributed by atoms with Gasteiger partial charge in [-0.2, -0.15) is 9.40 Å². The summed E-state index contributed by atoms with van der Waals surface area (Å²) in [5, 5.41) is 7.30. The monoisotopic (exact) mass is 472 g/mol. The third-order valence-corrected chi connectivity index (χ3v) is 7.26. The van der Waals surface area contributed by atoms with Crippen LogP contribution in [0.1, 0.15) is 25.0 Å². The molecule has 3 rings (SSSR count). The Morgan fingerprint density at radius 1 is 1.00 bits per heavy atom. The van der Waals surface area contributed by atoms with Crippen molar-refractivity contribution in [1.29, 1.82) is 0 Å². The topological polar surface area (TPSA) is 86.4 Å². The minimum absolute atomic E-state index is 0.171. The molecule has 0 bridgehead atoms. The van der Waals surface area contributed by atoms with Gasteiger partial charge in [0.05, 0.1) is 17.1 Å². The van der Waals surface area contributed by atoms with Crippen molar-refractivity contribution in [3.63, 3.8) is 0 Å². The van der Waals surface area contributed by atoms with Gasteiger partial charge in [-0.15, -0.1) is 0 Å². The third-order valence-electron chi connectivity index (χ3n) is 5.45. The lowest BCUT2D eigenvalue weighted by atomic mass is 10.1. The van der Waals surface area contributed by atoms with E-state index in [2.05, 4.69) is 10.2 Å². The average Bonchev–Trinajstić information content (AvgIpc) is 3.28. The van der Waals surface area contributed by atoms with Gasteiger partial charge in [-0.1, -0.05) is 24.6 Å². The summed E-state index contributed by atoms with van der Waals surface area (Å²) in [7, 11) is -0.585. The maximum absolute atomic E-state index is 13.1. The van der Waals surface area contributed by atoms with Gasteiger partial charge in [-0.05, 0) is 61.7 Å². The summed E-state index contributed by atoms with van der Waals surface area (Å²) in [6, 6.07) is 16.3. The van der Waals surface area contributed by atoms with E-state index in [-0.39, 0.29) is 23.2 Å². The molecule has 0 aliphatic carbocycles. The number of H-pyrrole nitrogens is 1. The fourth-order valence-corrected chi connectivity index (χ4v) is 4.53. The van der Waals surface area contributed by atoms with Gasteiger partial charge in [0.2, 0.25) is 15.9 Å². The molecule has 33 heavy (non-hydrogen) atoms. The number of nitrogens with one attached hydrogen (secondary N) is 1. The molecule has 0 unspecified atom stereocenters. The van der Waals surface area contributed by atoms with Gasteiger partial charge in [-0.25, -0.2) is 12.8 Å². The number of likely N-dealkylation sites (N-methyl/N-ethyl adjacent to an activating group) is 2. The van der Waals surface area contributed by atoms with Gasteiger partial charge in [0, 0.05) is 31.9 Å².